The lowest BCUT2D eigenvalue weighted by Crippen LogP contribution is -2.52. The smallest absolute Gasteiger partial charge is 0.251 e. The van der Waals surface area contributed by atoms with Crippen LogP contribution in [0.25, 0.3) is 10.9 Å². The van der Waals surface area contributed by atoms with Gasteiger partial charge in [0.05, 0.1) is 11.1 Å². The van der Waals surface area contributed by atoms with Crippen LogP contribution in [0.1, 0.15) is 37.0 Å². The second kappa shape index (κ2) is 8.93. The summed E-state index contributed by atoms with van der Waals surface area (Å²) in [5.74, 6) is -0.0788. The Balaban J connectivity index is 0.00000220. The van der Waals surface area contributed by atoms with Crippen molar-refractivity contribution in [2.75, 3.05) is 6.54 Å². The third-order valence-electron chi connectivity index (χ3n) is 3.99. The van der Waals surface area contributed by atoms with Gasteiger partial charge in [0, 0.05) is 23.7 Å². The summed E-state index contributed by atoms with van der Waals surface area (Å²) >= 11 is 0. The topological polar surface area (TPSA) is 68.0 Å². The van der Waals surface area contributed by atoms with E-state index in [9.17, 15) is 4.79 Å². The van der Waals surface area contributed by atoms with Crippen LogP contribution in [0.3, 0.4) is 0 Å². The normalized spacial score (nSPS) is 10.5. The minimum atomic E-state index is -0.318. The molecule has 3 N–H and O–H groups in total. The van der Waals surface area contributed by atoms with Gasteiger partial charge in [-0.05, 0) is 37.1 Å². The highest BCUT2D eigenvalue weighted by molar-refractivity contribution is 5.98. The summed E-state index contributed by atoms with van der Waals surface area (Å²) in [4.78, 5) is 16.6. The summed E-state index contributed by atoms with van der Waals surface area (Å²) in [6.45, 7) is 4.53. The number of aromatic nitrogens is 1. The molecule has 2 aromatic rings. The van der Waals surface area contributed by atoms with Crippen molar-refractivity contribution in [3.05, 3.63) is 42.1 Å². The number of hydrogen-bond donors (Lipinski definition) is 2. The zero-order valence-corrected chi connectivity index (χ0v) is 14.5. The lowest BCUT2D eigenvalue weighted by atomic mass is 9.92. The SMILES string of the molecule is CCC(CC)(CN)NC(=O)c1ccc2ncccc2c1.Cl.Cl. The van der Waals surface area contributed by atoms with Gasteiger partial charge in [0.25, 0.3) is 5.91 Å². The molecular formula is C16H23Cl2N3O. The van der Waals surface area contributed by atoms with Crippen molar-refractivity contribution in [1.82, 2.24) is 10.3 Å². The molecule has 6 heteroatoms. The number of nitrogens with zero attached hydrogens (tertiary/aromatic N) is 1. The predicted octanol–water partition coefficient (Wildman–Crippen LogP) is 3.33. The molecule has 0 saturated carbocycles. The van der Waals surface area contributed by atoms with Gasteiger partial charge >= 0.3 is 0 Å². The summed E-state index contributed by atoms with van der Waals surface area (Å²) in [7, 11) is 0. The Labute approximate surface area is 143 Å². The van der Waals surface area contributed by atoms with E-state index in [1.807, 2.05) is 38.1 Å². The minimum Gasteiger partial charge on any atom is -0.345 e. The molecule has 0 fully saturated rings. The van der Waals surface area contributed by atoms with E-state index in [4.69, 9.17) is 5.73 Å². The maximum absolute atomic E-state index is 12.4. The van der Waals surface area contributed by atoms with Crippen LogP contribution in [-0.2, 0) is 0 Å². The average molecular weight is 344 g/mol. The molecule has 122 valence electrons. The lowest BCUT2D eigenvalue weighted by Gasteiger charge is -2.31. The van der Waals surface area contributed by atoms with Crippen molar-refractivity contribution in [3.8, 4) is 0 Å². The monoisotopic (exact) mass is 343 g/mol. The van der Waals surface area contributed by atoms with E-state index >= 15 is 0 Å². The number of nitrogens with two attached hydrogens (primary N) is 1. The van der Waals surface area contributed by atoms with Gasteiger partial charge in [-0.3, -0.25) is 9.78 Å². The van der Waals surface area contributed by atoms with Gasteiger partial charge < -0.3 is 11.1 Å². The zero-order valence-electron chi connectivity index (χ0n) is 12.8. The van der Waals surface area contributed by atoms with Gasteiger partial charge in [-0.25, -0.2) is 0 Å². The molecule has 0 aliphatic carbocycles. The Morgan fingerprint density at radius 2 is 1.91 bits per heavy atom. The first-order chi connectivity index (χ1) is 9.64. The Hall–Kier alpha value is -1.36. The van der Waals surface area contributed by atoms with Crippen molar-refractivity contribution >= 4 is 41.6 Å². The molecule has 1 aromatic carbocycles. The van der Waals surface area contributed by atoms with Gasteiger partial charge in [-0.1, -0.05) is 19.9 Å². The quantitative estimate of drug-likeness (QED) is 0.874. The fourth-order valence-electron chi connectivity index (χ4n) is 2.30. The van der Waals surface area contributed by atoms with E-state index in [2.05, 4.69) is 10.3 Å². The molecule has 1 heterocycles. The molecule has 0 radical (unpaired) electrons. The van der Waals surface area contributed by atoms with Crippen molar-refractivity contribution < 1.29 is 4.79 Å². The van der Waals surface area contributed by atoms with Crippen LogP contribution in [0.5, 0.6) is 0 Å². The Kier molecular flexibility index (Phi) is 8.38. The van der Waals surface area contributed by atoms with E-state index in [1.165, 1.54) is 0 Å². The molecule has 0 unspecified atom stereocenters. The Morgan fingerprint density at radius 1 is 1.23 bits per heavy atom. The first-order valence-corrected chi connectivity index (χ1v) is 7.01. The molecule has 0 bridgehead atoms. The Morgan fingerprint density at radius 3 is 2.50 bits per heavy atom. The highest BCUT2D eigenvalue weighted by atomic mass is 35.5. The number of amides is 1. The largest absolute Gasteiger partial charge is 0.345 e. The van der Waals surface area contributed by atoms with Crippen molar-refractivity contribution in [2.24, 2.45) is 5.73 Å². The maximum Gasteiger partial charge on any atom is 0.251 e. The number of nitrogens with one attached hydrogen (secondary N) is 1. The first-order valence-electron chi connectivity index (χ1n) is 7.01. The Bertz CT molecular complexity index is 607. The third kappa shape index (κ3) is 4.32. The third-order valence-corrected chi connectivity index (χ3v) is 3.99. The van der Waals surface area contributed by atoms with Crippen LogP contribution in [0.2, 0.25) is 0 Å². The van der Waals surface area contributed by atoms with Crippen LogP contribution in [0.15, 0.2) is 36.5 Å². The first kappa shape index (κ1) is 20.6. The zero-order chi connectivity index (χ0) is 14.6. The fourth-order valence-corrected chi connectivity index (χ4v) is 2.30. The molecule has 4 nitrogen and oxygen atoms in total. The highest BCUT2D eigenvalue weighted by Crippen LogP contribution is 2.17. The van der Waals surface area contributed by atoms with E-state index in [-0.39, 0.29) is 36.3 Å². The molecule has 1 aromatic heterocycles. The summed E-state index contributed by atoms with van der Waals surface area (Å²) in [5, 5.41) is 4.04. The molecule has 0 aliphatic heterocycles. The van der Waals surface area contributed by atoms with Crippen molar-refractivity contribution in [3.63, 3.8) is 0 Å². The second-order valence-electron chi connectivity index (χ2n) is 5.06. The number of benzene rings is 1. The number of carbonyl (C=O) groups is 1. The summed E-state index contributed by atoms with van der Waals surface area (Å²) in [5.41, 5.74) is 7.04. The standard InChI is InChI=1S/C16H21N3O.2ClH/c1-3-16(4-2,11-17)19-15(20)13-7-8-14-12(10-13)6-5-9-18-14;;/h5-10H,3-4,11,17H2,1-2H3,(H,19,20);2*1H. The number of rotatable bonds is 5. The summed E-state index contributed by atoms with van der Waals surface area (Å²) in [6.07, 6.45) is 3.39. The molecule has 22 heavy (non-hydrogen) atoms. The fraction of sp³-hybridized carbons (Fsp3) is 0.375. The number of hydrogen-bond acceptors (Lipinski definition) is 3. The van der Waals surface area contributed by atoms with Crippen LogP contribution in [0, 0.1) is 0 Å². The molecule has 2 rings (SSSR count). The van der Waals surface area contributed by atoms with Crippen LogP contribution >= 0.6 is 24.8 Å². The summed E-state index contributed by atoms with van der Waals surface area (Å²) < 4.78 is 0. The van der Waals surface area contributed by atoms with Gasteiger partial charge in [0.1, 0.15) is 0 Å². The van der Waals surface area contributed by atoms with E-state index < -0.39 is 0 Å². The lowest BCUT2D eigenvalue weighted by molar-refractivity contribution is 0.0895. The molecule has 0 aliphatic rings. The van der Waals surface area contributed by atoms with E-state index in [0.29, 0.717) is 12.1 Å². The van der Waals surface area contributed by atoms with Gasteiger partial charge in [-0.2, -0.15) is 0 Å². The minimum absolute atomic E-state index is 0. The molecule has 0 atom stereocenters. The van der Waals surface area contributed by atoms with E-state index in [0.717, 1.165) is 23.7 Å². The number of carbonyl (C=O) groups excluding carboxylic acids is 1. The summed E-state index contributed by atoms with van der Waals surface area (Å²) in [6, 6.07) is 9.36. The molecule has 0 saturated heterocycles. The average Bonchev–Trinajstić information content (AvgIpc) is 2.52. The van der Waals surface area contributed by atoms with Gasteiger partial charge in [0.2, 0.25) is 0 Å². The van der Waals surface area contributed by atoms with Crippen LogP contribution < -0.4 is 11.1 Å². The molecule has 0 spiro atoms. The van der Waals surface area contributed by atoms with Crippen LogP contribution in [-0.4, -0.2) is 23.0 Å². The highest BCUT2D eigenvalue weighted by Gasteiger charge is 2.26. The molecular weight excluding hydrogens is 321 g/mol. The van der Waals surface area contributed by atoms with Gasteiger partial charge in [-0.15, -0.1) is 24.8 Å². The van der Waals surface area contributed by atoms with E-state index in [1.54, 1.807) is 12.3 Å². The number of halogens is 2. The van der Waals surface area contributed by atoms with Crippen LogP contribution in [0.4, 0.5) is 0 Å². The predicted molar refractivity (Wildman–Crippen MR) is 96.1 cm³/mol. The van der Waals surface area contributed by atoms with Gasteiger partial charge in [0.15, 0.2) is 0 Å². The maximum atomic E-state index is 12.4. The van der Waals surface area contributed by atoms with Crippen molar-refractivity contribution in [1.29, 1.82) is 0 Å². The van der Waals surface area contributed by atoms with Crippen molar-refractivity contribution in [2.45, 2.75) is 32.2 Å². The number of fused-ring (bicyclic) bond motifs is 1. The number of pyridine rings is 1. The molecule has 1 amide bonds. The second-order valence-corrected chi connectivity index (χ2v) is 5.06.